The molecular formula is C24H19N3. The minimum atomic E-state index is 0.771. The van der Waals surface area contributed by atoms with E-state index < -0.39 is 0 Å². The van der Waals surface area contributed by atoms with Crippen LogP contribution in [0.4, 0.5) is 11.5 Å². The molecule has 130 valence electrons. The van der Waals surface area contributed by atoms with E-state index in [-0.39, 0.29) is 0 Å². The first-order valence-corrected chi connectivity index (χ1v) is 8.87. The Hall–Kier alpha value is -3.72. The molecular weight excluding hydrogens is 330 g/mol. The number of aromatic nitrogens is 1. The molecule has 0 fully saturated rings. The van der Waals surface area contributed by atoms with E-state index in [4.69, 9.17) is 5.10 Å². The Kier molecular flexibility index (Phi) is 5.02. The van der Waals surface area contributed by atoms with Crippen molar-refractivity contribution in [3.05, 3.63) is 127 Å². The topological polar surface area (TPSA) is 28.5 Å². The van der Waals surface area contributed by atoms with Crippen molar-refractivity contribution in [2.24, 2.45) is 5.10 Å². The third kappa shape index (κ3) is 3.93. The zero-order valence-electron chi connectivity index (χ0n) is 14.8. The van der Waals surface area contributed by atoms with Crippen LogP contribution in [0.3, 0.4) is 0 Å². The molecule has 0 saturated carbocycles. The lowest BCUT2D eigenvalue weighted by Gasteiger charge is -2.20. The quantitative estimate of drug-likeness (QED) is 0.343. The van der Waals surface area contributed by atoms with Gasteiger partial charge >= 0.3 is 0 Å². The summed E-state index contributed by atoms with van der Waals surface area (Å²) in [7, 11) is 0. The van der Waals surface area contributed by atoms with Gasteiger partial charge in [0, 0.05) is 17.3 Å². The van der Waals surface area contributed by atoms with Gasteiger partial charge in [-0.25, -0.2) is 9.99 Å². The van der Waals surface area contributed by atoms with Gasteiger partial charge in [-0.2, -0.15) is 5.10 Å². The molecule has 1 heterocycles. The number of rotatable bonds is 5. The van der Waals surface area contributed by atoms with Crippen LogP contribution in [0.5, 0.6) is 0 Å². The molecule has 4 rings (SSSR count). The maximum atomic E-state index is 5.04. The summed E-state index contributed by atoms with van der Waals surface area (Å²) in [5.74, 6) is 0.771. The maximum absolute atomic E-state index is 5.04. The molecule has 0 bridgehead atoms. The minimum Gasteiger partial charge on any atom is -0.237 e. The fourth-order valence-corrected chi connectivity index (χ4v) is 2.86. The van der Waals surface area contributed by atoms with Gasteiger partial charge in [-0.1, -0.05) is 84.9 Å². The van der Waals surface area contributed by atoms with Crippen LogP contribution in [0.2, 0.25) is 0 Å². The molecule has 3 nitrogen and oxygen atoms in total. The zero-order valence-corrected chi connectivity index (χ0v) is 14.8. The molecule has 1 aromatic heterocycles. The van der Waals surface area contributed by atoms with Crippen molar-refractivity contribution in [3.8, 4) is 0 Å². The van der Waals surface area contributed by atoms with Gasteiger partial charge in [-0.05, 0) is 24.3 Å². The summed E-state index contributed by atoms with van der Waals surface area (Å²) in [5, 5.41) is 6.93. The predicted molar refractivity (Wildman–Crippen MR) is 111 cm³/mol. The third-order valence-electron chi connectivity index (χ3n) is 4.16. The van der Waals surface area contributed by atoms with Gasteiger partial charge in [0.15, 0.2) is 5.82 Å². The molecule has 0 spiro atoms. The average Bonchev–Trinajstić information content (AvgIpc) is 2.77. The summed E-state index contributed by atoms with van der Waals surface area (Å²) in [4.78, 5) is 4.51. The first kappa shape index (κ1) is 16.7. The van der Waals surface area contributed by atoms with E-state index in [1.54, 1.807) is 6.20 Å². The van der Waals surface area contributed by atoms with E-state index in [2.05, 4.69) is 29.2 Å². The predicted octanol–water partition coefficient (Wildman–Crippen LogP) is 5.67. The van der Waals surface area contributed by atoms with Crippen LogP contribution in [0.25, 0.3) is 0 Å². The molecule has 27 heavy (non-hydrogen) atoms. The second-order valence-corrected chi connectivity index (χ2v) is 6.02. The largest absolute Gasteiger partial charge is 0.237 e. The molecule has 0 aliphatic heterocycles. The van der Waals surface area contributed by atoms with Crippen molar-refractivity contribution >= 4 is 17.2 Å². The van der Waals surface area contributed by atoms with Crippen molar-refractivity contribution in [2.45, 2.75) is 0 Å². The maximum Gasteiger partial charge on any atom is 0.153 e. The Bertz CT molecular complexity index is 917. The molecule has 0 aliphatic rings. The van der Waals surface area contributed by atoms with E-state index in [1.165, 1.54) is 0 Å². The molecule has 0 saturated heterocycles. The van der Waals surface area contributed by atoms with Gasteiger partial charge in [0.05, 0.1) is 11.4 Å². The lowest BCUT2D eigenvalue weighted by molar-refractivity contribution is 1.03. The second kappa shape index (κ2) is 8.11. The molecule has 0 aliphatic carbocycles. The number of hydrazone groups is 1. The van der Waals surface area contributed by atoms with Crippen LogP contribution >= 0.6 is 0 Å². The van der Waals surface area contributed by atoms with E-state index in [0.29, 0.717) is 0 Å². The smallest absolute Gasteiger partial charge is 0.153 e. The molecule has 0 atom stereocenters. The van der Waals surface area contributed by atoms with Gasteiger partial charge < -0.3 is 0 Å². The first-order valence-electron chi connectivity index (χ1n) is 8.87. The Morgan fingerprint density at radius 3 is 1.63 bits per heavy atom. The Morgan fingerprint density at radius 2 is 1.11 bits per heavy atom. The summed E-state index contributed by atoms with van der Waals surface area (Å²) < 4.78 is 0. The van der Waals surface area contributed by atoms with Crippen molar-refractivity contribution in [1.29, 1.82) is 0 Å². The van der Waals surface area contributed by atoms with Crippen molar-refractivity contribution < 1.29 is 0 Å². The fraction of sp³-hybridized carbons (Fsp3) is 0. The number of benzene rings is 3. The van der Waals surface area contributed by atoms with Crippen LogP contribution in [0.1, 0.15) is 11.1 Å². The van der Waals surface area contributed by atoms with Crippen molar-refractivity contribution in [2.75, 3.05) is 5.01 Å². The lowest BCUT2D eigenvalue weighted by atomic mass is 10.0. The number of anilines is 2. The first-order chi connectivity index (χ1) is 13.4. The highest BCUT2D eigenvalue weighted by atomic mass is 15.5. The summed E-state index contributed by atoms with van der Waals surface area (Å²) in [6.45, 7) is 0. The average molecular weight is 349 g/mol. The monoisotopic (exact) mass is 349 g/mol. The number of hydrogen-bond donors (Lipinski definition) is 0. The standard InChI is InChI=1S/C24H19N3/c1-4-12-20(13-5-1)24(21-14-6-2-7-15-21)26-27(22-16-8-3-9-17-22)23-18-10-11-19-25-23/h1-19H. The van der Waals surface area contributed by atoms with Gasteiger partial charge in [0.1, 0.15) is 0 Å². The van der Waals surface area contributed by atoms with E-state index in [9.17, 15) is 0 Å². The number of pyridine rings is 1. The Morgan fingerprint density at radius 1 is 0.593 bits per heavy atom. The van der Waals surface area contributed by atoms with Gasteiger partial charge in [-0.15, -0.1) is 0 Å². The van der Waals surface area contributed by atoms with Crippen LogP contribution < -0.4 is 5.01 Å². The van der Waals surface area contributed by atoms with Crippen molar-refractivity contribution in [1.82, 2.24) is 4.98 Å². The Balaban J connectivity index is 1.90. The highest BCUT2D eigenvalue weighted by Crippen LogP contribution is 2.25. The minimum absolute atomic E-state index is 0.771. The molecule has 0 radical (unpaired) electrons. The SMILES string of the molecule is c1ccc(C(=NN(c2ccccc2)c2ccccn2)c2ccccc2)cc1. The molecule has 0 unspecified atom stereocenters. The van der Waals surface area contributed by atoms with Crippen molar-refractivity contribution in [3.63, 3.8) is 0 Å². The molecule has 0 N–H and O–H groups in total. The van der Waals surface area contributed by atoms with E-state index in [1.807, 2.05) is 89.9 Å². The highest BCUT2D eigenvalue weighted by Gasteiger charge is 2.13. The fourth-order valence-electron chi connectivity index (χ4n) is 2.86. The summed E-state index contributed by atoms with van der Waals surface area (Å²) >= 11 is 0. The van der Waals surface area contributed by atoms with E-state index in [0.717, 1.165) is 28.3 Å². The van der Waals surface area contributed by atoms with Gasteiger partial charge in [0.2, 0.25) is 0 Å². The summed E-state index contributed by atoms with van der Waals surface area (Å²) in [5.41, 5.74) is 3.97. The van der Waals surface area contributed by atoms with Gasteiger partial charge in [0.25, 0.3) is 0 Å². The normalized spacial score (nSPS) is 10.2. The van der Waals surface area contributed by atoms with E-state index >= 15 is 0 Å². The lowest BCUT2D eigenvalue weighted by Crippen LogP contribution is -2.16. The summed E-state index contributed by atoms with van der Waals surface area (Å²) in [6, 6.07) is 36.4. The van der Waals surface area contributed by atoms with Crippen LogP contribution in [0, 0.1) is 0 Å². The molecule has 0 amide bonds. The van der Waals surface area contributed by atoms with Crippen LogP contribution in [-0.4, -0.2) is 10.7 Å². The Labute approximate surface area is 159 Å². The zero-order chi connectivity index (χ0) is 18.3. The molecule has 3 aromatic carbocycles. The summed E-state index contributed by atoms with van der Waals surface area (Å²) in [6.07, 6.45) is 1.78. The number of hydrogen-bond acceptors (Lipinski definition) is 3. The van der Waals surface area contributed by atoms with Gasteiger partial charge in [-0.3, -0.25) is 0 Å². The second-order valence-electron chi connectivity index (χ2n) is 6.02. The number of para-hydroxylation sites is 1. The van der Waals surface area contributed by atoms with Crippen LogP contribution in [0.15, 0.2) is 120 Å². The van der Waals surface area contributed by atoms with Crippen LogP contribution in [-0.2, 0) is 0 Å². The molecule has 4 aromatic rings. The third-order valence-corrected chi connectivity index (χ3v) is 4.16. The highest BCUT2D eigenvalue weighted by molar-refractivity contribution is 6.13. The molecule has 3 heteroatoms. The number of nitrogens with zero attached hydrogens (tertiary/aromatic N) is 3.